The van der Waals surface area contributed by atoms with Crippen LogP contribution in [0.25, 0.3) is 10.8 Å². The van der Waals surface area contributed by atoms with Crippen LogP contribution in [0.15, 0.2) is 47.4 Å². The molecule has 164 valence electrons. The fourth-order valence-corrected chi connectivity index (χ4v) is 5.52. The number of morpholine rings is 1. The molecule has 0 saturated carbocycles. The van der Waals surface area contributed by atoms with Crippen molar-refractivity contribution in [3.8, 4) is 0 Å². The van der Waals surface area contributed by atoms with E-state index in [1.54, 1.807) is 37.5 Å². The van der Waals surface area contributed by atoms with Crippen molar-refractivity contribution in [3.63, 3.8) is 0 Å². The Morgan fingerprint density at radius 3 is 2.47 bits per heavy atom. The molecule has 0 radical (unpaired) electrons. The Hall–Kier alpha value is -2.04. The zero-order chi connectivity index (χ0) is 21.7. The Balaban J connectivity index is 1.97. The van der Waals surface area contributed by atoms with Gasteiger partial charge in [-0.05, 0) is 28.8 Å². The van der Waals surface area contributed by atoms with Crippen LogP contribution in [0, 0.1) is 5.92 Å². The van der Waals surface area contributed by atoms with Gasteiger partial charge in [-0.15, -0.1) is 0 Å². The number of hydrogen-bond donors (Lipinski definition) is 2. The molecule has 0 aromatic heterocycles. The number of hydroxylamine groups is 1. The third kappa shape index (κ3) is 4.98. The number of hydrogen-bond acceptors (Lipinski definition) is 6. The maximum atomic E-state index is 13.6. The molecular formula is C21H29N3O5S. The maximum absolute atomic E-state index is 13.6. The smallest absolute Gasteiger partial charge is 0.262 e. The average Bonchev–Trinajstić information content (AvgIpc) is 2.76. The van der Waals surface area contributed by atoms with Gasteiger partial charge in [0.2, 0.25) is 10.0 Å². The number of benzene rings is 2. The molecule has 1 aliphatic heterocycles. The first-order valence-electron chi connectivity index (χ1n) is 10.1. The molecule has 3 rings (SSSR count). The first-order valence-corrected chi connectivity index (χ1v) is 11.5. The summed E-state index contributed by atoms with van der Waals surface area (Å²) in [4.78, 5) is 14.7. The molecule has 1 amide bonds. The number of carbonyl (C=O) groups excluding carboxylic acids is 1. The molecule has 1 atom stereocenters. The van der Waals surface area contributed by atoms with E-state index in [2.05, 4.69) is 4.90 Å². The number of nitrogens with zero attached hydrogens (tertiary/aromatic N) is 2. The van der Waals surface area contributed by atoms with E-state index in [9.17, 15) is 18.4 Å². The minimum Gasteiger partial charge on any atom is -0.379 e. The number of amides is 1. The van der Waals surface area contributed by atoms with Gasteiger partial charge in [0.1, 0.15) is 6.04 Å². The molecule has 8 nitrogen and oxygen atoms in total. The van der Waals surface area contributed by atoms with Gasteiger partial charge in [0, 0.05) is 26.2 Å². The molecule has 0 aliphatic carbocycles. The molecule has 1 heterocycles. The lowest BCUT2D eigenvalue weighted by molar-refractivity contribution is -0.134. The molecule has 0 spiro atoms. The quantitative estimate of drug-likeness (QED) is 0.484. The van der Waals surface area contributed by atoms with E-state index in [-0.39, 0.29) is 17.4 Å². The number of ether oxygens (including phenoxy) is 1. The van der Waals surface area contributed by atoms with E-state index in [1.807, 2.05) is 24.3 Å². The van der Waals surface area contributed by atoms with Gasteiger partial charge in [0.25, 0.3) is 5.91 Å². The number of carbonyl (C=O) groups is 1. The van der Waals surface area contributed by atoms with Crippen LogP contribution in [0.3, 0.4) is 0 Å². The molecule has 0 bridgehead atoms. The van der Waals surface area contributed by atoms with Gasteiger partial charge in [0.15, 0.2) is 0 Å². The Bertz CT molecular complexity index is 974. The number of nitrogens with one attached hydrogen (secondary N) is 1. The van der Waals surface area contributed by atoms with Gasteiger partial charge in [-0.1, -0.05) is 44.2 Å². The lowest BCUT2D eigenvalue weighted by atomic mass is 10.0. The minimum absolute atomic E-state index is 0.125. The first-order chi connectivity index (χ1) is 14.3. The highest BCUT2D eigenvalue weighted by Gasteiger charge is 2.38. The van der Waals surface area contributed by atoms with Crippen LogP contribution in [0.5, 0.6) is 0 Å². The van der Waals surface area contributed by atoms with E-state index < -0.39 is 22.0 Å². The van der Waals surface area contributed by atoms with E-state index in [4.69, 9.17) is 4.74 Å². The molecule has 1 aliphatic rings. The lowest BCUT2D eigenvalue weighted by Crippen LogP contribution is -2.54. The largest absolute Gasteiger partial charge is 0.379 e. The Kier molecular flexibility index (Phi) is 7.43. The van der Waals surface area contributed by atoms with Crippen LogP contribution in [-0.4, -0.2) is 74.2 Å². The predicted octanol–water partition coefficient (Wildman–Crippen LogP) is 1.69. The second-order valence-corrected chi connectivity index (χ2v) is 9.63. The van der Waals surface area contributed by atoms with Crippen LogP contribution >= 0.6 is 0 Å². The Morgan fingerprint density at radius 2 is 1.83 bits per heavy atom. The summed E-state index contributed by atoms with van der Waals surface area (Å²) in [7, 11) is -3.99. The zero-order valence-corrected chi connectivity index (χ0v) is 18.1. The molecule has 1 saturated heterocycles. The summed E-state index contributed by atoms with van der Waals surface area (Å²) in [6.07, 6.45) is 0. The molecule has 2 aromatic carbocycles. The van der Waals surface area contributed by atoms with Gasteiger partial charge in [0.05, 0.1) is 18.1 Å². The molecule has 30 heavy (non-hydrogen) atoms. The lowest BCUT2D eigenvalue weighted by Gasteiger charge is -2.34. The van der Waals surface area contributed by atoms with Crippen molar-refractivity contribution < 1.29 is 23.2 Å². The monoisotopic (exact) mass is 435 g/mol. The van der Waals surface area contributed by atoms with Crippen molar-refractivity contribution in [3.05, 3.63) is 42.5 Å². The van der Waals surface area contributed by atoms with Gasteiger partial charge >= 0.3 is 0 Å². The van der Waals surface area contributed by atoms with Crippen molar-refractivity contribution in [1.82, 2.24) is 14.7 Å². The van der Waals surface area contributed by atoms with E-state index in [1.165, 1.54) is 4.31 Å². The Morgan fingerprint density at radius 1 is 1.17 bits per heavy atom. The van der Waals surface area contributed by atoms with Gasteiger partial charge < -0.3 is 4.74 Å². The van der Waals surface area contributed by atoms with Crippen LogP contribution in [-0.2, 0) is 19.6 Å². The van der Waals surface area contributed by atoms with E-state index in [0.29, 0.717) is 32.8 Å². The summed E-state index contributed by atoms with van der Waals surface area (Å²) < 4.78 is 33.8. The van der Waals surface area contributed by atoms with E-state index in [0.717, 1.165) is 10.8 Å². The predicted molar refractivity (Wildman–Crippen MR) is 114 cm³/mol. The second kappa shape index (κ2) is 9.84. The third-order valence-electron chi connectivity index (χ3n) is 5.39. The number of sulfonamides is 1. The fraction of sp³-hybridized carbons (Fsp3) is 0.476. The molecular weight excluding hydrogens is 406 g/mol. The van der Waals surface area contributed by atoms with Crippen molar-refractivity contribution in [2.45, 2.75) is 24.8 Å². The van der Waals surface area contributed by atoms with Gasteiger partial charge in [-0.25, -0.2) is 13.9 Å². The van der Waals surface area contributed by atoms with Crippen LogP contribution < -0.4 is 5.48 Å². The minimum atomic E-state index is -3.99. The van der Waals surface area contributed by atoms with Crippen LogP contribution in [0.1, 0.15) is 13.8 Å². The maximum Gasteiger partial charge on any atom is 0.262 e. The summed E-state index contributed by atoms with van der Waals surface area (Å²) in [5.41, 5.74) is 1.64. The fourth-order valence-electron chi connectivity index (χ4n) is 3.77. The number of fused-ring (bicyclic) bond motifs is 1. The summed E-state index contributed by atoms with van der Waals surface area (Å²) >= 11 is 0. The van der Waals surface area contributed by atoms with Crippen molar-refractivity contribution in [2.75, 3.05) is 39.4 Å². The SMILES string of the molecule is CC(C)[C@H](C(=O)NO)N(CCN1CCOCC1)S(=O)(=O)c1ccc2ccccc2c1. The molecule has 9 heteroatoms. The summed E-state index contributed by atoms with van der Waals surface area (Å²) in [5.74, 6) is -1.08. The van der Waals surface area contributed by atoms with Crippen LogP contribution in [0.4, 0.5) is 0 Å². The molecule has 1 fully saturated rings. The first kappa shape index (κ1) is 22.6. The van der Waals surface area contributed by atoms with Crippen molar-refractivity contribution in [2.24, 2.45) is 5.92 Å². The van der Waals surface area contributed by atoms with Crippen LogP contribution in [0.2, 0.25) is 0 Å². The summed E-state index contributed by atoms with van der Waals surface area (Å²) in [6, 6.07) is 11.4. The van der Waals surface area contributed by atoms with Crippen molar-refractivity contribution >= 4 is 26.7 Å². The Labute approximate surface area is 177 Å². The normalized spacial score (nSPS) is 16.8. The average molecular weight is 436 g/mol. The van der Waals surface area contributed by atoms with Crippen molar-refractivity contribution in [1.29, 1.82) is 0 Å². The highest BCUT2D eigenvalue weighted by Crippen LogP contribution is 2.25. The van der Waals surface area contributed by atoms with E-state index >= 15 is 0 Å². The molecule has 2 N–H and O–H groups in total. The summed E-state index contributed by atoms with van der Waals surface area (Å²) in [6.45, 7) is 6.74. The standard InChI is InChI=1S/C21H29N3O5S/c1-16(2)20(21(25)22-26)24(10-9-23-11-13-29-14-12-23)30(27,28)19-8-7-17-5-3-4-6-18(17)15-19/h3-8,15-16,20,26H,9-14H2,1-2H3,(H,22,25)/t20-/m1/s1. The van der Waals surface area contributed by atoms with Gasteiger partial charge in [-0.3, -0.25) is 14.9 Å². The van der Waals surface area contributed by atoms with Gasteiger partial charge in [-0.2, -0.15) is 4.31 Å². The summed E-state index contributed by atoms with van der Waals surface area (Å²) in [5, 5.41) is 11.0. The molecule has 0 unspecified atom stereocenters. The third-order valence-corrected chi connectivity index (χ3v) is 7.27. The topological polar surface area (TPSA) is 99.2 Å². The highest BCUT2D eigenvalue weighted by molar-refractivity contribution is 7.89. The number of rotatable bonds is 8. The molecule has 2 aromatic rings. The zero-order valence-electron chi connectivity index (χ0n) is 17.3. The highest BCUT2D eigenvalue weighted by atomic mass is 32.2. The second-order valence-electron chi connectivity index (χ2n) is 7.74.